The fourth-order valence-corrected chi connectivity index (χ4v) is 9.43. The van der Waals surface area contributed by atoms with Gasteiger partial charge in [-0.2, -0.15) is 0 Å². The van der Waals surface area contributed by atoms with Crippen molar-refractivity contribution in [2.24, 2.45) is 5.92 Å². The number of nitrogens with one attached hydrogen (secondary N) is 5. The number of imidazole rings is 2. The summed E-state index contributed by atoms with van der Waals surface area (Å²) in [7, 11) is 2.83. The van der Waals surface area contributed by atoms with E-state index in [1.165, 1.54) is 14.2 Å². The predicted molar refractivity (Wildman–Crippen MR) is 246 cm³/mol. The Bertz CT molecular complexity index is 2710. The molecule has 65 heavy (non-hydrogen) atoms. The molecule has 4 atom stereocenters. The first-order valence-electron chi connectivity index (χ1n) is 22.1. The Labute approximate surface area is 377 Å². The highest BCUT2D eigenvalue weighted by Gasteiger charge is 2.41. The van der Waals surface area contributed by atoms with Crippen LogP contribution in [0.4, 0.5) is 9.59 Å². The third-order valence-electron chi connectivity index (χ3n) is 12.9. The number of aromatic nitrogens is 4. The number of likely N-dealkylation sites (tertiary alicyclic amines) is 2. The summed E-state index contributed by atoms with van der Waals surface area (Å²) >= 11 is 0. The third kappa shape index (κ3) is 9.09. The van der Waals surface area contributed by atoms with Gasteiger partial charge >= 0.3 is 12.1 Å². The molecule has 0 radical (unpaired) electrons. The van der Waals surface area contributed by atoms with E-state index in [4.69, 9.17) is 19.4 Å². The number of aromatic amines is 2. The van der Waals surface area contributed by atoms with Crippen LogP contribution in [0, 0.1) is 5.92 Å². The van der Waals surface area contributed by atoms with Crippen molar-refractivity contribution in [2.75, 3.05) is 40.5 Å². The minimum atomic E-state index is -0.872. The molecule has 3 aliphatic rings. The second kappa shape index (κ2) is 18.8. The second-order valence-electron chi connectivity index (χ2n) is 17.0. The number of rotatable bonds is 11. The average Bonchev–Trinajstić information content (AvgIpc) is 4.20. The molecule has 15 nitrogen and oxygen atoms in total. The van der Waals surface area contributed by atoms with Gasteiger partial charge in [0.25, 0.3) is 5.91 Å². The van der Waals surface area contributed by atoms with Gasteiger partial charge < -0.3 is 45.2 Å². The van der Waals surface area contributed by atoms with E-state index < -0.39 is 24.2 Å². The van der Waals surface area contributed by atoms with Gasteiger partial charge in [0, 0.05) is 38.9 Å². The fraction of sp³-hybridized carbons (Fsp3) is 0.320. The van der Waals surface area contributed by atoms with E-state index in [1.54, 1.807) is 11.1 Å². The number of urea groups is 1. The standard InChI is InChI=1S/C50H53N9O6/c1-30-24-42(59(29-30)48(61)43(56-49(62)51-2)33-8-5-4-6-9-33)46-53-27-39(54-46)32-13-11-31(12-14-32)35-15-16-37-26-38(18-17-36(37)25-35)40-28-52-45(55-40)41-10-7-21-58(41)47(60)44(57-50(63)64-3)34-19-22-65-23-20-34/h4-6,8-9,11-18,25-28,34,41-44H,1,7,10,19-24,29H2,2-3H3,(H,52,55)(H,53,54)(H,57,63)(H2,51,56,62)/t41-,42-,43+,44-/m0/s1. The van der Waals surface area contributed by atoms with E-state index >= 15 is 0 Å². The van der Waals surface area contributed by atoms with Crippen molar-refractivity contribution in [3.63, 3.8) is 0 Å². The van der Waals surface area contributed by atoms with Crippen LogP contribution in [0.5, 0.6) is 0 Å². The van der Waals surface area contributed by atoms with Crippen LogP contribution in [0.1, 0.15) is 67.4 Å². The Balaban J connectivity index is 0.876. The van der Waals surface area contributed by atoms with Crippen LogP contribution in [0.15, 0.2) is 116 Å². The molecule has 15 heteroatoms. The molecule has 0 saturated carbocycles. The number of H-pyrrole nitrogens is 2. The predicted octanol–water partition coefficient (Wildman–Crippen LogP) is 7.60. The molecule has 0 aliphatic carbocycles. The third-order valence-corrected chi connectivity index (χ3v) is 12.9. The van der Waals surface area contributed by atoms with Crippen molar-refractivity contribution in [1.82, 2.24) is 45.7 Å². The van der Waals surface area contributed by atoms with Crippen LogP contribution >= 0.6 is 0 Å². The van der Waals surface area contributed by atoms with Crippen molar-refractivity contribution in [1.29, 1.82) is 0 Å². The Hall–Kier alpha value is -7.26. The number of carbonyl (C=O) groups is 4. The maximum absolute atomic E-state index is 14.1. The number of amides is 5. The van der Waals surface area contributed by atoms with E-state index in [-0.39, 0.29) is 29.8 Å². The zero-order valence-electron chi connectivity index (χ0n) is 36.5. The average molecular weight is 876 g/mol. The zero-order valence-corrected chi connectivity index (χ0v) is 36.5. The van der Waals surface area contributed by atoms with E-state index in [2.05, 4.69) is 93.2 Å². The van der Waals surface area contributed by atoms with Gasteiger partial charge in [0.1, 0.15) is 23.7 Å². The number of fused-ring (bicyclic) bond motifs is 1. The van der Waals surface area contributed by atoms with Gasteiger partial charge in [-0.1, -0.05) is 91.0 Å². The van der Waals surface area contributed by atoms with Crippen molar-refractivity contribution >= 4 is 34.7 Å². The molecule has 6 aromatic rings. The highest BCUT2D eigenvalue weighted by molar-refractivity contribution is 5.91. The van der Waals surface area contributed by atoms with Gasteiger partial charge in [-0.25, -0.2) is 19.6 Å². The molecule has 2 aromatic heterocycles. The number of carbonyl (C=O) groups excluding carboxylic acids is 4. The van der Waals surface area contributed by atoms with Crippen molar-refractivity contribution < 1.29 is 28.7 Å². The Morgan fingerprint density at radius 1 is 0.754 bits per heavy atom. The van der Waals surface area contributed by atoms with Gasteiger partial charge in [0.2, 0.25) is 5.91 Å². The minimum absolute atomic E-state index is 0.0322. The number of benzene rings is 4. The molecule has 0 bridgehead atoms. The molecular formula is C50H53N9O6. The topological polar surface area (TPSA) is 187 Å². The van der Waals surface area contributed by atoms with Crippen molar-refractivity contribution in [2.45, 2.75) is 56.3 Å². The molecule has 3 fully saturated rings. The smallest absolute Gasteiger partial charge is 0.407 e. The van der Waals surface area contributed by atoms with Crippen LogP contribution < -0.4 is 16.0 Å². The van der Waals surface area contributed by atoms with Gasteiger partial charge in [-0.05, 0) is 83.2 Å². The lowest BCUT2D eigenvalue weighted by molar-refractivity contribution is -0.137. The number of methoxy groups -OCH3 is 1. The Morgan fingerprint density at radius 3 is 2.08 bits per heavy atom. The first kappa shape index (κ1) is 43.0. The molecule has 3 saturated heterocycles. The summed E-state index contributed by atoms with van der Waals surface area (Å²) < 4.78 is 10.4. The van der Waals surface area contributed by atoms with E-state index in [1.807, 2.05) is 41.4 Å². The Morgan fingerprint density at radius 2 is 1.38 bits per heavy atom. The number of ether oxygens (including phenoxy) is 2. The van der Waals surface area contributed by atoms with Crippen LogP contribution in [-0.4, -0.2) is 100 Å². The van der Waals surface area contributed by atoms with Crippen LogP contribution in [0.2, 0.25) is 0 Å². The maximum atomic E-state index is 14.1. The highest BCUT2D eigenvalue weighted by atomic mass is 16.5. The van der Waals surface area contributed by atoms with Crippen LogP contribution in [-0.2, 0) is 19.1 Å². The summed E-state index contributed by atoms with van der Waals surface area (Å²) in [6.45, 7) is 6.26. The SMILES string of the molecule is C=C1C[C@@H](c2ncc(-c3ccc(-c4ccc5cc(-c6cnc([C@@H]7CCCN7C(=O)[C@@H](NC(=O)OC)C7CCOCC7)[nH]6)ccc5c4)cc3)[nH]2)N(C(=O)[C@H](NC(=O)NC)c2ccccc2)C1. The molecule has 334 valence electrons. The summed E-state index contributed by atoms with van der Waals surface area (Å²) in [6.07, 6.45) is 6.56. The normalized spacial score (nSPS) is 18.6. The summed E-state index contributed by atoms with van der Waals surface area (Å²) in [4.78, 5) is 72.9. The number of hydrogen-bond acceptors (Lipinski definition) is 8. The van der Waals surface area contributed by atoms with E-state index in [0.29, 0.717) is 57.0 Å². The highest BCUT2D eigenvalue weighted by Crippen LogP contribution is 2.38. The number of hydrogen-bond donors (Lipinski definition) is 5. The lowest BCUT2D eigenvalue weighted by Crippen LogP contribution is -2.53. The minimum Gasteiger partial charge on any atom is -0.453 e. The first-order chi connectivity index (χ1) is 31.7. The molecular weight excluding hydrogens is 823 g/mol. The lowest BCUT2D eigenvalue weighted by atomic mass is 9.90. The van der Waals surface area contributed by atoms with Gasteiger partial charge in [0.15, 0.2) is 0 Å². The second-order valence-corrected chi connectivity index (χ2v) is 17.0. The molecule has 5 amide bonds. The van der Waals surface area contributed by atoms with Gasteiger partial charge in [0.05, 0.1) is 43.0 Å². The monoisotopic (exact) mass is 875 g/mol. The van der Waals surface area contributed by atoms with Crippen LogP contribution in [0.3, 0.4) is 0 Å². The van der Waals surface area contributed by atoms with Gasteiger partial charge in [-0.15, -0.1) is 0 Å². The first-order valence-corrected chi connectivity index (χ1v) is 22.1. The van der Waals surface area contributed by atoms with Crippen LogP contribution in [0.25, 0.3) is 44.4 Å². The summed E-state index contributed by atoms with van der Waals surface area (Å²) in [5.74, 6) is 0.999. The molecule has 9 rings (SSSR count). The van der Waals surface area contributed by atoms with Crippen molar-refractivity contribution in [3.8, 4) is 33.6 Å². The van der Waals surface area contributed by atoms with Crippen molar-refractivity contribution in [3.05, 3.63) is 133 Å². The number of nitrogens with zero attached hydrogens (tertiary/aromatic N) is 4. The molecule has 4 aromatic carbocycles. The quantitative estimate of drug-likeness (QED) is 0.0824. The molecule has 0 unspecified atom stereocenters. The van der Waals surface area contributed by atoms with E-state index in [0.717, 1.165) is 68.7 Å². The Kier molecular flexibility index (Phi) is 12.5. The molecule has 3 aliphatic heterocycles. The summed E-state index contributed by atoms with van der Waals surface area (Å²) in [5.41, 5.74) is 7.38. The molecule has 5 N–H and O–H groups in total. The summed E-state index contributed by atoms with van der Waals surface area (Å²) in [5, 5.41) is 10.4. The number of alkyl carbamates (subject to hydrolysis) is 1. The lowest BCUT2D eigenvalue weighted by Gasteiger charge is -2.34. The van der Waals surface area contributed by atoms with E-state index in [9.17, 15) is 19.2 Å². The molecule has 0 spiro atoms. The maximum Gasteiger partial charge on any atom is 0.407 e. The zero-order chi connectivity index (χ0) is 45.0. The fourth-order valence-electron chi connectivity index (χ4n) is 9.43. The largest absolute Gasteiger partial charge is 0.453 e. The van der Waals surface area contributed by atoms with Gasteiger partial charge in [-0.3, -0.25) is 9.59 Å². The molecule has 5 heterocycles. The summed E-state index contributed by atoms with van der Waals surface area (Å²) in [6, 6.07) is 27.7.